The highest BCUT2D eigenvalue weighted by Crippen LogP contribution is 2.25. The summed E-state index contributed by atoms with van der Waals surface area (Å²) in [6, 6.07) is 4.41. The number of fused-ring (bicyclic) bond motifs is 1. The summed E-state index contributed by atoms with van der Waals surface area (Å²) in [7, 11) is 0. The Bertz CT molecular complexity index is 443. The maximum atomic E-state index is 12.4. The fourth-order valence-corrected chi connectivity index (χ4v) is 3.01. The summed E-state index contributed by atoms with van der Waals surface area (Å²) in [5.74, 6) is 0.772. The van der Waals surface area contributed by atoms with E-state index in [1.807, 2.05) is 24.0 Å². The summed E-state index contributed by atoms with van der Waals surface area (Å²) < 4.78 is 0. The van der Waals surface area contributed by atoms with E-state index in [0.29, 0.717) is 17.5 Å². The molecule has 18 heavy (non-hydrogen) atoms. The van der Waals surface area contributed by atoms with E-state index in [2.05, 4.69) is 10.3 Å². The van der Waals surface area contributed by atoms with Gasteiger partial charge in [0.2, 0.25) is 0 Å². The number of likely N-dealkylation sites (tertiary alicyclic amines) is 1. The Hall–Kier alpha value is -1.42. The third kappa shape index (κ3) is 2.12. The molecule has 0 bridgehead atoms. The number of piperidine rings is 1. The number of amides is 1. The van der Waals surface area contributed by atoms with Crippen molar-refractivity contribution in [2.75, 3.05) is 19.6 Å². The van der Waals surface area contributed by atoms with Crippen LogP contribution in [0.25, 0.3) is 0 Å². The topological polar surface area (TPSA) is 45.2 Å². The fourth-order valence-electron chi connectivity index (χ4n) is 3.01. The van der Waals surface area contributed by atoms with Gasteiger partial charge in [0.05, 0.1) is 5.56 Å². The predicted molar refractivity (Wildman–Crippen MR) is 69.4 cm³/mol. The summed E-state index contributed by atoms with van der Waals surface area (Å²) in [5.41, 5.74) is 1.66. The lowest BCUT2D eigenvalue weighted by Crippen LogP contribution is -2.46. The highest BCUT2D eigenvalue weighted by Gasteiger charge is 2.34. The lowest BCUT2D eigenvalue weighted by atomic mass is 9.93. The zero-order valence-electron chi connectivity index (χ0n) is 10.7. The van der Waals surface area contributed by atoms with Gasteiger partial charge >= 0.3 is 0 Å². The van der Waals surface area contributed by atoms with Crippen LogP contribution in [0.5, 0.6) is 0 Å². The average molecular weight is 245 g/mol. The fraction of sp³-hybridized carbons (Fsp3) is 0.571. The Kier molecular flexibility index (Phi) is 3.04. The van der Waals surface area contributed by atoms with Crippen LogP contribution < -0.4 is 5.32 Å². The molecule has 0 spiro atoms. The molecule has 2 unspecified atom stereocenters. The van der Waals surface area contributed by atoms with Crippen molar-refractivity contribution < 1.29 is 4.79 Å². The maximum absolute atomic E-state index is 12.4. The normalized spacial score (nSPS) is 27.1. The van der Waals surface area contributed by atoms with E-state index >= 15 is 0 Å². The molecular weight excluding hydrogens is 226 g/mol. The highest BCUT2D eigenvalue weighted by molar-refractivity contribution is 5.94. The Labute approximate surface area is 107 Å². The van der Waals surface area contributed by atoms with Crippen LogP contribution in [-0.2, 0) is 0 Å². The molecule has 0 aliphatic carbocycles. The van der Waals surface area contributed by atoms with Crippen molar-refractivity contribution in [3.63, 3.8) is 0 Å². The van der Waals surface area contributed by atoms with E-state index in [0.717, 1.165) is 31.7 Å². The molecule has 3 heterocycles. The van der Waals surface area contributed by atoms with Gasteiger partial charge in [-0.1, -0.05) is 0 Å². The first-order chi connectivity index (χ1) is 8.74. The van der Waals surface area contributed by atoms with Crippen LogP contribution in [-0.4, -0.2) is 41.5 Å². The van der Waals surface area contributed by atoms with E-state index in [1.54, 1.807) is 6.20 Å². The van der Waals surface area contributed by atoms with Crippen molar-refractivity contribution in [1.82, 2.24) is 15.2 Å². The first-order valence-electron chi connectivity index (χ1n) is 6.69. The minimum atomic E-state index is 0.132. The standard InChI is InChI=1S/C14H19N3O/c1-10-2-3-11(8-16-10)14(18)17-7-5-13-12(9-17)4-6-15-13/h2-3,8,12-13,15H,4-7,9H2,1H3. The monoisotopic (exact) mass is 245 g/mol. The minimum Gasteiger partial charge on any atom is -0.338 e. The summed E-state index contributed by atoms with van der Waals surface area (Å²) in [4.78, 5) is 18.6. The molecule has 1 aromatic heterocycles. The van der Waals surface area contributed by atoms with Gasteiger partial charge in [-0.25, -0.2) is 0 Å². The molecule has 2 aliphatic rings. The Morgan fingerprint density at radius 1 is 1.44 bits per heavy atom. The smallest absolute Gasteiger partial charge is 0.255 e. The molecule has 0 aromatic carbocycles. The lowest BCUT2D eigenvalue weighted by molar-refractivity contribution is 0.0661. The van der Waals surface area contributed by atoms with E-state index in [1.165, 1.54) is 6.42 Å². The van der Waals surface area contributed by atoms with Crippen molar-refractivity contribution in [1.29, 1.82) is 0 Å². The number of rotatable bonds is 1. The molecule has 3 rings (SSSR count). The molecular formula is C14H19N3O. The van der Waals surface area contributed by atoms with Gasteiger partial charge < -0.3 is 10.2 Å². The lowest BCUT2D eigenvalue weighted by Gasteiger charge is -2.34. The zero-order chi connectivity index (χ0) is 12.5. The molecule has 0 radical (unpaired) electrons. The Morgan fingerprint density at radius 2 is 2.33 bits per heavy atom. The molecule has 2 fully saturated rings. The molecule has 2 saturated heterocycles. The van der Waals surface area contributed by atoms with Crippen LogP contribution >= 0.6 is 0 Å². The second-order valence-electron chi connectivity index (χ2n) is 5.34. The molecule has 2 atom stereocenters. The van der Waals surface area contributed by atoms with Gasteiger partial charge in [0.25, 0.3) is 5.91 Å². The molecule has 4 heteroatoms. The predicted octanol–water partition coefficient (Wildman–Crippen LogP) is 1.21. The van der Waals surface area contributed by atoms with Crippen LogP contribution in [0.1, 0.15) is 28.9 Å². The van der Waals surface area contributed by atoms with Crippen molar-refractivity contribution in [2.24, 2.45) is 5.92 Å². The van der Waals surface area contributed by atoms with Crippen LogP contribution in [0.2, 0.25) is 0 Å². The van der Waals surface area contributed by atoms with E-state index in [4.69, 9.17) is 0 Å². The van der Waals surface area contributed by atoms with Gasteiger partial charge in [-0.05, 0) is 44.4 Å². The summed E-state index contributed by atoms with van der Waals surface area (Å²) >= 11 is 0. The van der Waals surface area contributed by atoms with Crippen molar-refractivity contribution in [2.45, 2.75) is 25.8 Å². The van der Waals surface area contributed by atoms with E-state index < -0.39 is 0 Å². The number of hydrogen-bond acceptors (Lipinski definition) is 3. The third-order valence-corrected chi connectivity index (χ3v) is 4.10. The van der Waals surface area contributed by atoms with Gasteiger partial charge in [0.15, 0.2) is 0 Å². The summed E-state index contributed by atoms with van der Waals surface area (Å²) in [5, 5.41) is 3.51. The van der Waals surface area contributed by atoms with Gasteiger partial charge in [0.1, 0.15) is 0 Å². The van der Waals surface area contributed by atoms with E-state index in [-0.39, 0.29) is 5.91 Å². The van der Waals surface area contributed by atoms with Gasteiger partial charge in [-0.2, -0.15) is 0 Å². The Morgan fingerprint density at radius 3 is 3.11 bits per heavy atom. The molecule has 1 aromatic rings. The van der Waals surface area contributed by atoms with Crippen LogP contribution in [0.15, 0.2) is 18.3 Å². The quantitative estimate of drug-likeness (QED) is 0.809. The average Bonchev–Trinajstić information content (AvgIpc) is 2.86. The number of carbonyl (C=O) groups is 1. The first kappa shape index (κ1) is 11.7. The molecule has 0 saturated carbocycles. The number of pyridine rings is 1. The second-order valence-corrected chi connectivity index (χ2v) is 5.34. The first-order valence-corrected chi connectivity index (χ1v) is 6.69. The van der Waals surface area contributed by atoms with E-state index in [9.17, 15) is 4.79 Å². The van der Waals surface area contributed by atoms with Crippen molar-refractivity contribution >= 4 is 5.91 Å². The molecule has 4 nitrogen and oxygen atoms in total. The molecule has 1 N–H and O–H groups in total. The molecule has 2 aliphatic heterocycles. The minimum absolute atomic E-state index is 0.132. The number of nitrogens with zero attached hydrogens (tertiary/aromatic N) is 2. The van der Waals surface area contributed by atoms with Crippen LogP contribution in [0.3, 0.4) is 0 Å². The number of carbonyl (C=O) groups excluding carboxylic acids is 1. The van der Waals surface area contributed by atoms with Gasteiger partial charge in [0, 0.05) is 31.0 Å². The number of aryl methyl sites for hydroxylation is 1. The maximum Gasteiger partial charge on any atom is 0.255 e. The van der Waals surface area contributed by atoms with Gasteiger partial charge in [-0.15, -0.1) is 0 Å². The number of aromatic nitrogens is 1. The van der Waals surface area contributed by atoms with Crippen molar-refractivity contribution in [3.05, 3.63) is 29.6 Å². The number of hydrogen-bond donors (Lipinski definition) is 1. The molecule has 1 amide bonds. The summed E-state index contributed by atoms with van der Waals surface area (Å²) in [6.07, 6.45) is 3.97. The van der Waals surface area contributed by atoms with Crippen molar-refractivity contribution in [3.8, 4) is 0 Å². The van der Waals surface area contributed by atoms with Crippen LogP contribution in [0, 0.1) is 12.8 Å². The molecule has 96 valence electrons. The highest BCUT2D eigenvalue weighted by atomic mass is 16.2. The van der Waals surface area contributed by atoms with Crippen LogP contribution in [0.4, 0.5) is 0 Å². The summed E-state index contributed by atoms with van der Waals surface area (Å²) in [6.45, 7) is 4.79. The largest absolute Gasteiger partial charge is 0.338 e. The third-order valence-electron chi connectivity index (χ3n) is 4.10. The second kappa shape index (κ2) is 4.69. The zero-order valence-corrected chi connectivity index (χ0v) is 10.7. The Balaban J connectivity index is 1.71. The SMILES string of the molecule is Cc1ccc(C(=O)N2CCC3NCCC3C2)cn1. The number of nitrogens with one attached hydrogen (secondary N) is 1. The van der Waals surface area contributed by atoms with Gasteiger partial charge in [-0.3, -0.25) is 9.78 Å².